The molecule has 0 aromatic heterocycles. The lowest BCUT2D eigenvalue weighted by Crippen LogP contribution is -2.43. The average molecular weight is 350 g/mol. The molecule has 7 heteroatoms. The number of nitrogens with two attached hydrogens (primary N) is 1. The monoisotopic (exact) mass is 350 g/mol. The number of para-hydroxylation sites is 2. The lowest BCUT2D eigenvalue weighted by molar-refractivity contribution is -0.124. The Kier molecular flexibility index (Phi) is 6.71. The zero-order valence-corrected chi connectivity index (χ0v) is 13.6. The van der Waals surface area contributed by atoms with Crippen molar-refractivity contribution >= 4 is 5.91 Å². The molecule has 0 radical (unpaired) electrons. The van der Waals surface area contributed by atoms with Crippen LogP contribution < -0.4 is 20.5 Å². The molecule has 5 nitrogen and oxygen atoms in total. The Morgan fingerprint density at radius 1 is 1.00 bits per heavy atom. The minimum atomic E-state index is -3.13. The van der Waals surface area contributed by atoms with E-state index in [1.807, 2.05) is 30.3 Å². The molecular formula is C18H20F2N2O3. The molecule has 0 saturated heterocycles. The maximum atomic E-state index is 13.0. The lowest BCUT2D eigenvalue weighted by atomic mass is 10.2. The number of benzene rings is 2. The van der Waals surface area contributed by atoms with E-state index in [4.69, 9.17) is 15.2 Å². The van der Waals surface area contributed by atoms with Crippen molar-refractivity contribution < 1.29 is 23.0 Å². The third kappa shape index (κ3) is 6.39. The van der Waals surface area contributed by atoms with Crippen LogP contribution in [0.2, 0.25) is 0 Å². The zero-order chi connectivity index (χ0) is 18.1. The van der Waals surface area contributed by atoms with Gasteiger partial charge in [-0.1, -0.05) is 42.5 Å². The van der Waals surface area contributed by atoms with Crippen molar-refractivity contribution in [3.8, 4) is 11.5 Å². The van der Waals surface area contributed by atoms with Crippen LogP contribution in [-0.4, -0.2) is 31.5 Å². The second kappa shape index (κ2) is 8.98. The summed E-state index contributed by atoms with van der Waals surface area (Å²) >= 11 is 0. The number of carbonyl (C=O) groups excluding carboxylic acids is 1. The van der Waals surface area contributed by atoms with Crippen molar-refractivity contribution in [1.82, 2.24) is 5.32 Å². The Morgan fingerprint density at radius 2 is 1.60 bits per heavy atom. The highest BCUT2D eigenvalue weighted by Crippen LogP contribution is 2.27. The van der Waals surface area contributed by atoms with E-state index in [1.54, 1.807) is 24.3 Å². The van der Waals surface area contributed by atoms with E-state index in [1.165, 1.54) is 0 Å². The standard InChI is InChI=1S/C18H20F2N2O3/c19-18(20,12-21)13-22-17(23)11-25-16-9-5-4-8-15(16)24-10-14-6-2-1-3-7-14/h1-9H,10-13,21H2,(H,22,23). The van der Waals surface area contributed by atoms with Crippen LogP contribution in [0.3, 0.4) is 0 Å². The molecule has 0 aliphatic carbocycles. The second-order valence-electron chi connectivity index (χ2n) is 5.35. The van der Waals surface area contributed by atoms with Crippen LogP contribution in [0.15, 0.2) is 54.6 Å². The second-order valence-corrected chi connectivity index (χ2v) is 5.35. The Labute approximate surface area is 144 Å². The van der Waals surface area contributed by atoms with E-state index in [-0.39, 0.29) is 0 Å². The molecule has 134 valence electrons. The fraction of sp³-hybridized carbons (Fsp3) is 0.278. The summed E-state index contributed by atoms with van der Waals surface area (Å²) in [7, 11) is 0. The number of carbonyl (C=O) groups is 1. The lowest BCUT2D eigenvalue weighted by Gasteiger charge is -2.15. The fourth-order valence-electron chi connectivity index (χ4n) is 1.92. The summed E-state index contributed by atoms with van der Waals surface area (Å²) in [4.78, 5) is 11.6. The van der Waals surface area contributed by atoms with Crippen LogP contribution in [0.25, 0.3) is 0 Å². The summed E-state index contributed by atoms with van der Waals surface area (Å²) in [6, 6.07) is 16.4. The van der Waals surface area contributed by atoms with Gasteiger partial charge in [0.2, 0.25) is 0 Å². The van der Waals surface area contributed by atoms with E-state index < -0.39 is 31.5 Å². The summed E-state index contributed by atoms with van der Waals surface area (Å²) in [5, 5.41) is 2.09. The zero-order valence-electron chi connectivity index (χ0n) is 13.6. The molecule has 3 N–H and O–H groups in total. The summed E-state index contributed by atoms with van der Waals surface area (Å²) in [6.07, 6.45) is 0. The van der Waals surface area contributed by atoms with Gasteiger partial charge >= 0.3 is 0 Å². The van der Waals surface area contributed by atoms with Gasteiger partial charge in [-0.05, 0) is 17.7 Å². The summed E-state index contributed by atoms with van der Waals surface area (Å²) < 4.78 is 37.1. The summed E-state index contributed by atoms with van der Waals surface area (Å²) in [6.45, 7) is -1.70. The van der Waals surface area contributed by atoms with Crippen LogP contribution in [-0.2, 0) is 11.4 Å². The molecule has 1 amide bonds. The first-order chi connectivity index (χ1) is 12.0. The highest BCUT2D eigenvalue weighted by atomic mass is 19.3. The predicted molar refractivity (Wildman–Crippen MR) is 89.7 cm³/mol. The first-order valence-corrected chi connectivity index (χ1v) is 7.73. The highest BCUT2D eigenvalue weighted by Gasteiger charge is 2.27. The third-order valence-electron chi connectivity index (χ3n) is 3.29. The molecule has 0 aliphatic rings. The molecule has 2 aromatic rings. The van der Waals surface area contributed by atoms with Gasteiger partial charge in [0.25, 0.3) is 11.8 Å². The summed E-state index contributed by atoms with van der Waals surface area (Å²) in [5.41, 5.74) is 5.89. The Bertz CT molecular complexity index is 681. The van der Waals surface area contributed by atoms with Crippen molar-refractivity contribution in [2.45, 2.75) is 12.5 Å². The first-order valence-electron chi connectivity index (χ1n) is 7.73. The molecule has 2 aromatic carbocycles. The molecule has 0 fully saturated rings. The van der Waals surface area contributed by atoms with Crippen LogP contribution in [0.4, 0.5) is 8.78 Å². The van der Waals surface area contributed by atoms with E-state index in [0.29, 0.717) is 18.1 Å². The number of hydrogen-bond acceptors (Lipinski definition) is 4. The molecule has 2 rings (SSSR count). The van der Waals surface area contributed by atoms with Crippen LogP contribution in [0, 0.1) is 0 Å². The SMILES string of the molecule is NCC(F)(F)CNC(=O)COc1ccccc1OCc1ccccc1. The average Bonchev–Trinajstić information content (AvgIpc) is 2.64. The molecular weight excluding hydrogens is 330 g/mol. The number of alkyl halides is 2. The van der Waals surface area contributed by atoms with Gasteiger partial charge < -0.3 is 20.5 Å². The van der Waals surface area contributed by atoms with Crippen LogP contribution in [0.5, 0.6) is 11.5 Å². The number of ether oxygens (including phenoxy) is 2. The minimum Gasteiger partial charge on any atom is -0.485 e. The van der Waals surface area contributed by atoms with Crippen LogP contribution >= 0.6 is 0 Å². The fourth-order valence-corrected chi connectivity index (χ4v) is 1.92. The van der Waals surface area contributed by atoms with E-state index >= 15 is 0 Å². The highest BCUT2D eigenvalue weighted by molar-refractivity contribution is 5.77. The normalized spacial score (nSPS) is 11.0. The maximum absolute atomic E-state index is 13.0. The number of nitrogens with one attached hydrogen (secondary N) is 1. The third-order valence-corrected chi connectivity index (χ3v) is 3.29. The molecule has 0 spiro atoms. The van der Waals surface area contributed by atoms with Crippen molar-refractivity contribution in [2.75, 3.05) is 19.7 Å². The molecule has 0 atom stereocenters. The van der Waals surface area contributed by atoms with Gasteiger partial charge in [0, 0.05) is 0 Å². The van der Waals surface area contributed by atoms with Gasteiger partial charge in [-0.2, -0.15) is 0 Å². The minimum absolute atomic E-state index is 0.343. The first kappa shape index (κ1) is 18.7. The largest absolute Gasteiger partial charge is 0.485 e. The number of halogens is 2. The quantitative estimate of drug-likeness (QED) is 0.728. The van der Waals surface area contributed by atoms with Gasteiger partial charge in [0.15, 0.2) is 18.1 Å². The van der Waals surface area contributed by atoms with Gasteiger partial charge in [0.05, 0.1) is 13.1 Å². The van der Waals surface area contributed by atoms with E-state index in [9.17, 15) is 13.6 Å². The van der Waals surface area contributed by atoms with Crippen molar-refractivity contribution in [3.63, 3.8) is 0 Å². The number of rotatable bonds is 9. The topological polar surface area (TPSA) is 73.6 Å². The Hall–Kier alpha value is -2.67. The van der Waals surface area contributed by atoms with Crippen molar-refractivity contribution in [2.24, 2.45) is 5.73 Å². The molecule has 0 unspecified atom stereocenters. The Balaban J connectivity index is 1.86. The molecule has 0 aliphatic heterocycles. The van der Waals surface area contributed by atoms with Gasteiger partial charge in [-0.3, -0.25) is 4.79 Å². The molecule has 0 heterocycles. The van der Waals surface area contributed by atoms with E-state index in [0.717, 1.165) is 5.56 Å². The smallest absolute Gasteiger partial charge is 0.277 e. The van der Waals surface area contributed by atoms with Crippen molar-refractivity contribution in [1.29, 1.82) is 0 Å². The maximum Gasteiger partial charge on any atom is 0.277 e. The van der Waals surface area contributed by atoms with Gasteiger partial charge in [0.1, 0.15) is 6.61 Å². The molecule has 25 heavy (non-hydrogen) atoms. The predicted octanol–water partition coefficient (Wildman–Crippen LogP) is 2.35. The van der Waals surface area contributed by atoms with Crippen LogP contribution in [0.1, 0.15) is 5.56 Å². The molecule has 0 saturated carbocycles. The molecule has 0 bridgehead atoms. The van der Waals surface area contributed by atoms with Crippen molar-refractivity contribution in [3.05, 3.63) is 60.2 Å². The number of amides is 1. The Morgan fingerprint density at radius 3 is 2.24 bits per heavy atom. The summed E-state index contributed by atoms with van der Waals surface area (Å²) in [5.74, 6) is -2.97. The van der Waals surface area contributed by atoms with Gasteiger partial charge in [-0.15, -0.1) is 0 Å². The number of hydrogen-bond donors (Lipinski definition) is 2. The van der Waals surface area contributed by atoms with Gasteiger partial charge in [-0.25, -0.2) is 8.78 Å². The van der Waals surface area contributed by atoms with E-state index in [2.05, 4.69) is 5.32 Å².